The molecule has 0 fully saturated rings. The van der Waals surface area contributed by atoms with Crippen molar-refractivity contribution in [2.45, 2.75) is 46.3 Å². The molecule has 0 aromatic heterocycles. The average Bonchev–Trinajstić information content (AvgIpc) is 2.31. The van der Waals surface area contributed by atoms with E-state index in [9.17, 15) is 0 Å². The van der Waals surface area contributed by atoms with Gasteiger partial charge in [0.15, 0.2) is 0 Å². The first-order chi connectivity index (χ1) is 9.48. The van der Waals surface area contributed by atoms with Crippen LogP contribution in [-0.4, -0.2) is 0 Å². The minimum atomic E-state index is -2.56. The Hall–Kier alpha value is -1.04. The SMILES string of the molecule is [2H]C([2H])([2H])C(=CCC/C(C)=C/CCC(=C)C=C)C([2H])([2H])[2H]. The molecule has 0 aromatic rings. The van der Waals surface area contributed by atoms with Crippen molar-refractivity contribution in [2.24, 2.45) is 0 Å². The van der Waals surface area contributed by atoms with Crippen LogP contribution in [0.3, 0.4) is 0 Å². The van der Waals surface area contributed by atoms with Gasteiger partial charge in [0.1, 0.15) is 0 Å². The third-order valence-electron chi connectivity index (χ3n) is 2.13. The minimum Gasteiger partial charge on any atom is -0.0988 e. The Balaban J connectivity index is 4.55. The summed E-state index contributed by atoms with van der Waals surface area (Å²) >= 11 is 0. The average molecular weight is 210 g/mol. The largest absolute Gasteiger partial charge is 0.0988 e. The summed E-state index contributed by atoms with van der Waals surface area (Å²) < 4.78 is 43.7. The molecule has 0 saturated heterocycles. The quantitative estimate of drug-likeness (QED) is 0.400. The molecule has 0 heterocycles. The third-order valence-corrected chi connectivity index (χ3v) is 2.13. The van der Waals surface area contributed by atoms with E-state index >= 15 is 0 Å². The summed E-state index contributed by atoms with van der Waals surface area (Å²) in [6, 6.07) is 0. The summed E-state index contributed by atoms with van der Waals surface area (Å²) in [4.78, 5) is 0. The smallest absolute Gasteiger partial charge is 0.0276 e. The second-order valence-corrected chi connectivity index (χ2v) is 3.61. The van der Waals surface area contributed by atoms with Gasteiger partial charge in [0, 0.05) is 8.22 Å². The standard InChI is InChI=1S/C15H24/c1-6-14(4)10-8-12-15(5)11-7-9-13(2)3/h6,9,12H,1,4,7-8,10-11H2,2-3,5H3/b15-12+/i2D3,3D3. The number of rotatable bonds is 7. The van der Waals surface area contributed by atoms with Crippen molar-refractivity contribution in [1.82, 2.24) is 0 Å². The van der Waals surface area contributed by atoms with Crippen LogP contribution < -0.4 is 0 Å². The molecule has 0 spiro atoms. The van der Waals surface area contributed by atoms with Crippen LogP contribution in [0.25, 0.3) is 0 Å². The van der Waals surface area contributed by atoms with Crippen molar-refractivity contribution in [3.05, 3.63) is 48.1 Å². The molecule has 0 aliphatic carbocycles. The molecule has 15 heavy (non-hydrogen) atoms. The summed E-state index contributed by atoms with van der Waals surface area (Å²) in [5.41, 5.74) is 1.65. The lowest BCUT2D eigenvalue weighted by Crippen LogP contribution is -1.79. The monoisotopic (exact) mass is 210 g/mol. The molecule has 0 aromatic carbocycles. The first-order valence-corrected chi connectivity index (χ1v) is 5.15. The van der Waals surface area contributed by atoms with E-state index in [-0.39, 0.29) is 0 Å². The van der Waals surface area contributed by atoms with Crippen molar-refractivity contribution in [1.29, 1.82) is 0 Å². The zero-order valence-electron chi connectivity index (χ0n) is 15.5. The van der Waals surface area contributed by atoms with Crippen molar-refractivity contribution in [2.75, 3.05) is 0 Å². The van der Waals surface area contributed by atoms with Crippen LogP contribution in [0.5, 0.6) is 0 Å². The number of hydrogen-bond acceptors (Lipinski definition) is 0. The lowest BCUT2D eigenvalue weighted by Gasteiger charge is -2.00. The van der Waals surface area contributed by atoms with Crippen LogP contribution in [-0.2, 0) is 0 Å². The summed E-state index contributed by atoms with van der Waals surface area (Å²) in [5, 5.41) is 0. The molecule has 0 radical (unpaired) electrons. The zero-order valence-corrected chi connectivity index (χ0v) is 9.47. The Morgan fingerprint density at radius 3 is 2.47 bits per heavy atom. The molecule has 0 atom stereocenters. The van der Waals surface area contributed by atoms with Crippen molar-refractivity contribution in [3.8, 4) is 0 Å². The highest BCUT2D eigenvalue weighted by molar-refractivity contribution is 5.12. The summed E-state index contributed by atoms with van der Waals surface area (Å²) in [7, 11) is 0. The Labute approximate surface area is 104 Å². The van der Waals surface area contributed by atoms with Crippen molar-refractivity contribution < 1.29 is 8.22 Å². The first-order valence-electron chi connectivity index (χ1n) is 8.15. The summed E-state index contributed by atoms with van der Waals surface area (Å²) in [6.45, 7) is 4.29. The van der Waals surface area contributed by atoms with Crippen molar-refractivity contribution >= 4 is 0 Å². The first kappa shape index (κ1) is 6.52. The van der Waals surface area contributed by atoms with Gasteiger partial charge in [-0.05, 0) is 46.3 Å². The van der Waals surface area contributed by atoms with Crippen LogP contribution in [0.4, 0.5) is 0 Å². The van der Waals surface area contributed by atoms with E-state index in [4.69, 9.17) is 8.22 Å². The molecule has 0 aliphatic heterocycles. The normalized spacial score (nSPS) is 18.6. The van der Waals surface area contributed by atoms with Crippen LogP contribution >= 0.6 is 0 Å². The van der Waals surface area contributed by atoms with Crippen LogP contribution in [0.1, 0.15) is 54.5 Å². The molecule has 0 bridgehead atoms. The van der Waals surface area contributed by atoms with Gasteiger partial charge in [0.2, 0.25) is 0 Å². The van der Waals surface area contributed by atoms with E-state index in [2.05, 4.69) is 19.2 Å². The molecule has 0 N–H and O–H groups in total. The molecule has 0 rings (SSSR count). The molecule has 84 valence electrons. The van der Waals surface area contributed by atoms with Gasteiger partial charge in [-0.2, -0.15) is 0 Å². The zero-order chi connectivity index (χ0) is 16.7. The summed E-state index contributed by atoms with van der Waals surface area (Å²) in [5.74, 6) is 0. The Kier molecular flexibility index (Phi) is 3.60. The number of hydrogen-bond donors (Lipinski definition) is 0. The van der Waals surface area contributed by atoms with Gasteiger partial charge < -0.3 is 0 Å². The molecular weight excluding hydrogens is 180 g/mol. The Morgan fingerprint density at radius 1 is 1.20 bits per heavy atom. The minimum absolute atomic E-state index is 0.414. The maximum Gasteiger partial charge on any atom is 0.0276 e. The van der Waals surface area contributed by atoms with E-state index in [1.165, 1.54) is 6.08 Å². The van der Waals surface area contributed by atoms with E-state index in [1.54, 1.807) is 6.08 Å². The fourth-order valence-corrected chi connectivity index (χ4v) is 1.15. The maximum absolute atomic E-state index is 7.28. The van der Waals surface area contributed by atoms with E-state index in [0.29, 0.717) is 12.8 Å². The Bertz CT molecular complexity index is 404. The highest BCUT2D eigenvalue weighted by Crippen LogP contribution is 2.10. The van der Waals surface area contributed by atoms with Crippen LogP contribution in [0.2, 0.25) is 0 Å². The Morgan fingerprint density at radius 2 is 1.87 bits per heavy atom. The molecule has 0 saturated carbocycles. The number of allylic oxidation sites excluding steroid dienone is 6. The van der Waals surface area contributed by atoms with Gasteiger partial charge in [-0.15, -0.1) is 0 Å². The van der Waals surface area contributed by atoms with Crippen molar-refractivity contribution in [3.63, 3.8) is 0 Å². The molecule has 0 aliphatic rings. The molecule has 0 unspecified atom stereocenters. The van der Waals surface area contributed by atoms with Gasteiger partial charge in [0.05, 0.1) is 0 Å². The van der Waals surface area contributed by atoms with Gasteiger partial charge in [-0.25, -0.2) is 0 Å². The highest BCUT2D eigenvalue weighted by Gasteiger charge is 1.90. The second kappa shape index (κ2) is 8.28. The van der Waals surface area contributed by atoms with E-state index < -0.39 is 19.3 Å². The predicted octanol–water partition coefficient (Wildman–Crippen LogP) is 5.20. The van der Waals surface area contributed by atoms with Gasteiger partial charge in [0.25, 0.3) is 0 Å². The maximum atomic E-state index is 7.28. The van der Waals surface area contributed by atoms with Gasteiger partial charge in [-0.1, -0.05) is 48.1 Å². The second-order valence-electron chi connectivity index (χ2n) is 3.61. The highest BCUT2D eigenvalue weighted by atomic mass is 14.0. The fraction of sp³-hybridized carbons (Fsp3) is 0.467. The third kappa shape index (κ3) is 9.27. The molecular formula is C15H24. The van der Waals surface area contributed by atoms with Crippen LogP contribution in [0, 0.1) is 0 Å². The van der Waals surface area contributed by atoms with Crippen LogP contribution in [0.15, 0.2) is 48.1 Å². The van der Waals surface area contributed by atoms with E-state index in [0.717, 1.165) is 24.0 Å². The molecule has 0 heteroatoms. The van der Waals surface area contributed by atoms with Gasteiger partial charge in [-0.3, -0.25) is 0 Å². The predicted molar refractivity (Wildman–Crippen MR) is 71.0 cm³/mol. The van der Waals surface area contributed by atoms with Gasteiger partial charge >= 0.3 is 0 Å². The molecule has 0 nitrogen and oxygen atoms in total. The lowest BCUT2D eigenvalue weighted by atomic mass is 10.1. The van der Waals surface area contributed by atoms with E-state index in [1.807, 2.05) is 6.92 Å². The lowest BCUT2D eigenvalue weighted by molar-refractivity contribution is 0.929. The topological polar surface area (TPSA) is 0 Å². The fourth-order valence-electron chi connectivity index (χ4n) is 1.15. The molecule has 0 amide bonds. The summed E-state index contributed by atoms with van der Waals surface area (Å²) in [6.07, 6.45) is 7.88.